The Morgan fingerprint density at radius 3 is 2.48 bits per heavy atom. The molecule has 1 N–H and O–H groups in total. The normalized spacial score (nSPS) is 37.6. The first-order valence-corrected chi connectivity index (χ1v) is 7.58. The Morgan fingerprint density at radius 1 is 1.14 bits per heavy atom. The van der Waals surface area contributed by atoms with Gasteiger partial charge in [-0.3, -0.25) is 19.7 Å². The van der Waals surface area contributed by atoms with Crippen LogP contribution in [0.2, 0.25) is 0 Å². The third-order valence-electron chi connectivity index (χ3n) is 6.27. The van der Waals surface area contributed by atoms with Crippen LogP contribution in [0.25, 0.3) is 0 Å². The summed E-state index contributed by atoms with van der Waals surface area (Å²) in [6, 6.07) is 0. The molecule has 1 aliphatic carbocycles. The van der Waals surface area contributed by atoms with Crippen molar-refractivity contribution >= 4 is 17.7 Å². The van der Waals surface area contributed by atoms with Crippen LogP contribution < -0.4 is 5.32 Å². The summed E-state index contributed by atoms with van der Waals surface area (Å²) in [4.78, 5) is 39.8. The zero-order valence-electron chi connectivity index (χ0n) is 12.9. The predicted octanol–water partition coefficient (Wildman–Crippen LogP) is 1.24. The van der Waals surface area contributed by atoms with E-state index in [2.05, 4.69) is 11.4 Å². The van der Waals surface area contributed by atoms with Gasteiger partial charge in [-0.2, -0.15) is 0 Å². The quantitative estimate of drug-likeness (QED) is 0.449. The Bertz CT molecular complexity index is 566. The van der Waals surface area contributed by atoms with Crippen molar-refractivity contribution in [2.75, 3.05) is 13.1 Å². The van der Waals surface area contributed by atoms with E-state index in [4.69, 9.17) is 0 Å². The molecule has 0 spiro atoms. The summed E-state index contributed by atoms with van der Waals surface area (Å²) in [5, 5.41) is 2.45. The van der Waals surface area contributed by atoms with Gasteiger partial charge in [-0.1, -0.05) is 32.9 Å². The van der Waals surface area contributed by atoms with E-state index in [0.29, 0.717) is 25.9 Å². The van der Waals surface area contributed by atoms with E-state index >= 15 is 0 Å². The maximum atomic E-state index is 13.1. The molecule has 3 amide bonds. The highest BCUT2D eigenvalue weighted by molar-refractivity contribution is 6.16. The number of piperidine rings is 1. The maximum absolute atomic E-state index is 13.1. The van der Waals surface area contributed by atoms with Gasteiger partial charge in [0.1, 0.15) is 5.41 Å². The average Bonchev–Trinajstić information content (AvgIpc) is 2.61. The van der Waals surface area contributed by atoms with Crippen LogP contribution in [0, 0.1) is 16.2 Å². The first kappa shape index (κ1) is 14.3. The van der Waals surface area contributed by atoms with Crippen molar-refractivity contribution < 1.29 is 14.4 Å². The summed E-state index contributed by atoms with van der Waals surface area (Å²) in [6.07, 6.45) is 5.86. The van der Waals surface area contributed by atoms with Crippen LogP contribution in [0.4, 0.5) is 0 Å². The SMILES string of the molecule is CC1(C)[C@@]2(C(=O)N3CC=CCC3)CC[C@@]1(C)C(=O)NC2=O. The number of hydrogen-bond acceptors (Lipinski definition) is 3. The third-order valence-corrected chi connectivity index (χ3v) is 6.27. The van der Waals surface area contributed by atoms with Crippen molar-refractivity contribution in [1.82, 2.24) is 10.2 Å². The molecule has 0 aromatic rings. The van der Waals surface area contributed by atoms with Gasteiger partial charge in [-0.15, -0.1) is 0 Å². The van der Waals surface area contributed by atoms with Gasteiger partial charge >= 0.3 is 0 Å². The second kappa shape index (κ2) is 4.18. The fraction of sp³-hybridized carbons (Fsp3) is 0.688. The zero-order valence-corrected chi connectivity index (χ0v) is 12.9. The summed E-state index contributed by atoms with van der Waals surface area (Å²) in [7, 11) is 0. The molecule has 0 radical (unpaired) electrons. The summed E-state index contributed by atoms with van der Waals surface area (Å²) < 4.78 is 0. The predicted molar refractivity (Wildman–Crippen MR) is 77.0 cm³/mol. The first-order valence-electron chi connectivity index (χ1n) is 7.58. The van der Waals surface area contributed by atoms with Gasteiger partial charge in [0.15, 0.2) is 0 Å². The van der Waals surface area contributed by atoms with Crippen molar-refractivity contribution in [2.24, 2.45) is 16.2 Å². The second-order valence-electron chi connectivity index (χ2n) is 7.16. The van der Waals surface area contributed by atoms with Crippen LogP contribution in [0.15, 0.2) is 12.2 Å². The van der Waals surface area contributed by atoms with Crippen LogP contribution in [-0.4, -0.2) is 35.7 Å². The lowest BCUT2D eigenvalue weighted by Gasteiger charge is -2.50. The number of imide groups is 1. The van der Waals surface area contributed by atoms with Crippen molar-refractivity contribution in [3.05, 3.63) is 12.2 Å². The van der Waals surface area contributed by atoms with E-state index in [0.717, 1.165) is 6.42 Å². The molecule has 3 rings (SSSR count). The van der Waals surface area contributed by atoms with Gasteiger partial charge in [0.2, 0.25) is 17.7 Å². The van der Waals surface area contributed by atoms with Crippen LogP contribution in [-0.2, 0) is 14.4 Å². The highest BCUT2D eigenvalue weighted by Gasteiger charge is 2.73. The summed E-state index contributed by atoms with van der Waals surface area (Å²) in [5.41, 5.74) is -2.44. The van der Waals surface area contributed by atoms with Gasteiger partial charge in [0.05, 0.1) is 5.41 Å². The molecule has 2 aliphatic heterocycles. The molecule has 1 saturated heterocycles. The molecule has 0 unspecified atom stereocenters. The number of nitrogens with zero attached hydrogens (tertiary/aromatic N) is 1. The third kappa shape index (κ3) is 1.49. The summed E-state index contributed by atoms with van der Waals surface area (Å²) >= 11 is 0. The molecule has 0 aromatic carbocycles. The molecule has 2 fully saturated rings. The van der Waals surface area contributed by atoms with Gasteiger partial charge < -0.3 is 4.90 Å². The number of rotatable bonds is 1. The molecule has 2 atom stereocenters. The highest BCUT2D eigenvalue weighted by Crippen LogP contribution is 2.65. The number of carbonyl (C=O) groups excluding carboxylic acids is 3. The van der Waals surface area contributed by atoms with Crippen LogP contribution in [0.1, 0.15) is 40.0 Å². The van der Waals surface area contributed by atoms with Gasteiger partial charge in [-0.25, -0.2) is 0 Å². The molecule has 5 heteroatoms. The number of hydrogen-bond donors (Lipinski definition) is 1. The number of nitrogens with one attached hydrogen (secondary N) is 1. The largest absolute Gasteiger partial charge is 0.338 e. The number of amides is 3. The van der Waals surface area contributed by atoms with Crippen molar-refractivity contribution in [3.63, 3.8) is 0 Å². The topological polar surface area (TPSA) is 66.5 Å². The second-order valence-corrected chi connectivity index (χ2v) is 7.16. The minimum atomic E-state index is -1.11. The highest BCUT2D eigenvalue weighted by atomic mass is 16.2. The average molecular weight is 290 g/mol. The fourth-order valence-electron chi connectivity index (χ4n) is 4.24. The Balaban J connectivity index is 2.06. The molecule has 5 nitrogen and oxygen atoms in total. The fourth-order valence-corrected chi connectivity index (χ4v) is 4.24. The molecule has 3 aliphatic rings. The van der Waals surface area contributed by atoms with Gasteiger partial charge in [-0.05, 0) is 19.3 Å². The molecule has 114 valence electrons. The number of carbonyl (C=O) groups is 3. The Hall–Kier alpha value is -1.65. The monoisotopic (exact) mass is 290 g/mol. The molecule has 1 saturated carbocycles. The lowest BCUT2D eigenvalue weighted by atomic mass is 9.55. The maximum Gasteiger partial charge on any atom is 0.242 e. The minimum absolute atomic E-state index is 0.120. The first-order chi connectivity index (χ1) is 9.77. The minimum Gasteiger partial charge on any atom is -0.338 e. The van der Waals surface area contributed by atoms with E-state index in [1.807, 2.05) is 26.8 Å². The van der Waals surface area contributed by atoms with Gasteiger partial charge in [0, 0.05) is 18.5 Å². The van der Waals surface area contributed by atoms with Crippen molar-refractivity contribution in [2.45, 2.75) is 40.0 Å². The Kier molecular flexibility index (Phi) is 2.85. The van der Waals surface area contributed by atoms with E-state index in [1.54, 1.807) is 4.90 Å². The van der Waals surface area contributed by atoms with Crippen LogP contribution in [0.5, 0.6) is 0 Å². The standard InChI is InChI=1S/C16H22N2O3/c1-14(2)15(3)7-8-16(14,12(20)17-11(15)19)13(21)18-9-5-4-6-10-18/h4-5H,6-10H2,1-3H3,(H,17,19,20)/t15-,16-/m0/s1. The van der Waals surface area contributed by atoms with Crippen molar-refractivity contribution in [1.29, 1.82) is 0 Å². The lowest BCUT2D eigenvalue weighted by Crippen LogP contribution is -2.67. The van der Waals surface area contributed by atoms with E-state index < -0.39 is 22.2 Å². The van der Waals surface area contributed by atoms with Crippen molar-refractivity contribution in [3.8, 4) is 0 Å². The molecular weight excluding hydrogens is 268 g/mol. The number of fused-ring (bicyclic) bond motifs is 2. The van der Waals surface area contributed by atoms with Gasteiger partial charge in [0.25, 0.3) is 0 Å². The smallest absolute Gasteiger partial charge is 0.242 e. The molecular formula is C16H22N2O3. The zero-order chi connectivity index (χ0) is 15.5. The Labute approximate surface area is 124 Å². The van der Waals surface area contributed by atoms with E-state index in [9.17, 15) is 14.4 Å². The van der Waals surface area contributed by atoms with Crippen LogP contribution >= 0.6 is 0 Å². The molecule has 2 heterocycles. The molecule has 2 bridgehead atoms. The Morgan fingerprint density at radius 2 is 1.86 bits per heavy atom. The summed E-state index contributed by atoms with van der Waals surface area (Å²) in [6.45, 7) is 6.86. The molecule has 21 heavy (non-hydrogen) atoms. The van der Waals surface area contributed by atoms with E-state index in [1.165, 1.54) is 0 Å². The van der Waals surface area contributed by atoms with E-state index in [-0.39, 0.29) is 11.8 Å². The van der Waals surface area contributed by atoms with Crippen LogP contribution in [0.3, 0.4) is 0 Å². The molecule has 0 aromatic heterocycles. The summed E-state index contributed by atoms with van der Waals surface area (Å²) in [5.74, 6) is -0.769. The lowest BCUT2D eigenvalue weighted by molar-refractivity contribution is -0.170.